The Bertz CT molecular complexity index is 1250. The second kappa shape index (κ2) is 13.7. The Balaban J connectivity index is 1.65. The predicted octanol–water partition coefficient (Wildman–Crippen LogP) is 2.97. The van der Waals surface area contributed by atoms with Gasteiger partial charge in [0.05, 0.1) is 24.5 Å². The molecular formula is C32H42BrN3O7. The van der Waals surface area contributed by atoms with Gasteiger partial charge in [-0.2, -0.15) is 0 Å². The van der Waals surface area contributed by atoms with Crippen molar-refractivity contribution < 1.29 is 33.8 Å². The Labute approximate surface area is 261 Å². The van der Waals surface area contributed by atoms with Gasteiger partial charge in [-0.15, -0.1) is 13.2 Å². The van der Waals surface area contributed by atoms with E-state index in [2.05, 4.69) is 34.4 Å². The molecule has 1 unspecified atom stereocenters. The number of anilines is 1. The Morgan fingerprint density at radius 2 is 1.98 bits per heavy atom. The molecule has 3 saturated heterocycles. The molecule has 7 atom stereocenters. The van der Waals surface area contributed by atoms with Crippen LogP contribution in [0.3, 0.4) is 0 Å². The van der Waals surface area contributed by atoms with E-state index in [1.807, 2.05) is 32.0 Å². The maximum absolute atomic E-state index is 14.6. The first-order valence-corrected chi connectivity index (χ1v) is 15.7. The highest BCUT2D eigenvalue weighted by molar-refractivity contribution is 9.09. The molecule has 3 aliphatic rings. The molecule has 3 aliphatic heterocycles. The third-order valence-electron chi connectivity index (χ3n) is 8.62. The van der Waals surface area contributed by atoms with Crippen molar-refractivity contribution >= 4 is 45.3 Å². The number of hydrogen-bond donors (Lipinski definition) is 2. The van der Waals surface area contributed by atoms with Gasteiger partial charge in [0.15, 0.2) is 0 Å². The molecular weight excluding hydrogens is 618 g/mol. The number of hydrogen-bond acceptors (Lipinski definition) is 7. The number of likely N-dealkylation sites (tertiary alicyclic amines) is 1. The number of nitrogens with zero attached hydrogens (tertiary/aromatic N) is 2. The number of fused-ring (bicyclic) bond motifs is 1. The number of amides is 3. The second-order valence-corrected chi connectivity index (χ2v) is 12.8. The summed E-state index contributed by atoms with van der Waals surface area (Å²) in [6.07, 6.45) is 3.44. The molecule has 3 amide bonds. The van der Waals surface area contributed by atoms with E-state index >= 15 is 0 Å². The smallest absolute Gasteiger partial charge is 0.312 e. The first-order valence-electron chi connectivity index (χ1n) is 14.8. The Kier molecular flexibility index (Phi) is 10.5. The Morgan fingerprint density at radius 1 is 1.28 bits per heavy atom. The molecule has 0 aliphatic carbocycles. The van der Waals surface area contributed by atoms with Gasteiger partial charge in [0.2, 0.25) is 11.8 Å². The van der Waals surface area contributed by atoms with Crippen LogP contribution in [0.25, 0.3) is 0 Å². The summed E-state index contributed by atoms with van der Waals surface area (Å²) in [6.45, 7) is 13.3. The van der Waals surface area contributed by atoms with Crippen molar-refractivity contribution in [2.24, 2.45) is 11.8 Å². The fourth-order valence-corrected chi connectivity index (χ4v) is 7.80. The molecule has 1 spiro atoms. The molecule has 0 radical (unpaired) electrons. The minimum absolute atomic E-state index is 0.123. The van der Waals surface area contributed by atoms with Crippen LogP contribution < -0.4 is 10.2 Å². The summed E-state index contributed by atoms with van der Waals surface area (Å²) in [5.74, 6) is -3.32. The zero-order valence-corrected chi connectivity index (χ0v) is 26.7. The Hall–Kier alpha value is -3.02. The van der Waals surface area contributed by atoms with Crippen LogP contribution in [0.15, 0.2) is 43.5 Å². The van der Waals surface area contributed by atoms with E-state index < -0.39 is 41.7 Å². The van der Waals surface area contributed by atoms with Gasteiger partial charge in [0.25, 0.3) is 5.91 Å². The number of aryl methyl sites for hydroxylation is 2. The Morgan fingerprint density at radius 3 is 2.60 bits per heavy atom. The third-order valence-corrected chi connectivity index (χ3v) is 9.46. The van der Waals surface area contributed by atoms with Crippen molar-refractivity contribution in [3.63, 3.8) is 0 Å². The SMILES string of the molecule is C=CCCC(=O)NC[C@H](C)OC(=O)[C@@H]1[C@H]2O[C@@]3(CC2Br)[C@H](C(=O)N(CC=C)c2c(C)cccc2C)N(CCCO)C(=O)[C@@H]13. The van der Waals surface area contributed by atoms with Crippen molar-refractivity contribution in [3.05, 3.63) is 54.6 Å². The lowest BCUT2D eigenvalue weighted by atomic mass is 9.70. The summed E-state index contributed by atoms with van der Waals surface area (Å²) >= 11 is 3.67. The number of alkyl halides is 1. The minimum Gasteiger partial charge on any atom is -0.460 e. The molecule has 4 rings (SSSR count). The van der Waals surface area contributed by atoms with E-state index in [4.69, 9.17) is 9.47 Å². The van der Waals surface area contributed by atoms with E-state index in [0.717, 1.165) is 16.8 Å². The number of halogens is 1. The molecule has 3 fully saturated rings. The summed E-state index contributed by atoms with van der Waals surface area (Å²) in [4.78, 5) is 57.3. The van der Waals surface area contributed by atoms with Crippen LogP contribution in [0.4, 0.5) is 5.69 Å². The molecule has 0 saturated carbocycles. The highest BCUT2D eigenvalue weighted by Gasteiger charge is 2.77. The highest BCUT2D eigenvalue weighted by atomic mass is 79.9. The average Bonchev–Trinajstić information content (AvgIpc) is 3.56. The standard InChI is InChI=1S/C32H42BrN3O7/c1-6-8-13-23(38)34-18-21(5)42-31(41)24-25-29(39)36(15-10-16-37)28(32(25)17-22(33)27(24)43-32)30(40)35(14-7-2)26-19(3)11-9-12-20(26)4/h6-7,9,11-12,21-22,24-25,27-28,37H,1-2,8,10,13-18H2,3-5H3,(H,34,38)/t21-,22?,24-,25+,27-,28-,32+/m0/s1. The monoisotopic (exact) mass is 659 g/mol. The number of rotatable bonds is 14. The van der Waals surface area contributed by atoms with Crippen LogP contribution in [0.1, 0.15) is 43.7 Å². The zero-order chi connectivity index (χ0) is 31.5. The molecule has 10 nitrogen and oxygen atoms in total. The molecule has 2 N–H and O–H groups in total. The van der Waals surface area contributed by atoms with Crippen molar-refractivity contribution in [2.75, 3.05) is 31.1 Å². The molecule has 234 valence electrons. The summed E-state index contributed by atoms with van der Waals surface area (Å²) in [6, 6.07) is 4.77. The van der Waals surface area contributed by atoms with E-state index in [-0.39, 0.29) is 61.6 Å². The number of benzene rings is 1. The first kappa shape index (κ1) is 32.9. The topological polar surface area (TPSA) is 125 Å². The normalized spacial score (nSPS) is 27.9. The fraction of sp³-hybridized carbons (Fsp3) is 0.562. The van der Waals surface area contributed by atoms with Crippen molar-refractivity contribution in [3.8, 4) is 0 Å². The van der Waals surface area contributed by atoms with E-state index in [1.54, 1.807) is 24.0 Å². The molecule has 0 aromatic heterocycles. The number of aliphatic hydroxyl groups excluding tert-OH is 1. The van der Waals surface area contributed by atoms with Gasteiger partial charge in [-0.3, -0.25) is 19.2 Å². The lowest BCUT2D eigenvalue weighted by molar-refractivity contribution is -0.159. The number of carbonyl (C=O) groups excluding carboxylic acids is 4. The maximum Gasteiger partial charge on any atom is 0.312 e. The van der Waals surface area contributed by atoms with E-state index in [9.17, 15) is 24.3 Å². The first-order chi connectivity index (χ1) is 20.5. The van der Waals surface area contributed by atoms with Crippen LogP contribution in [-0.2, 0) is 28.7 Å². The van der Waals surface area contributed by atoms with Gasteiger partial charge in [0.1, 0.15) is 17.7 Å². The number of ether oxygens (including phenoxy) is 2. The molecule has 43 heavy (non-hydrogen) atoms. The van der Waals surface area contributed by atoms with Gasteiger partial charge < -0.3 is 29.7 Å². The van der Waals surface area contributed by atoms with Crippen LogP contribution in [-0.4, -0.2) is 88.6 Å². The van der Waals surface area contributed by atoms with Crippen LogP contribution in [0, 0.1) is 25.7 Å². The number of nitrogens with one attached hydrogen (secondary N) is 1. The van der Waals surface area contributed by atoms with Crippen molar-refractivity contribution in [1.82, 2.24) is 10.2 Å². The van der Waals surface area contributed by atoms with Gasteiger partial charge in [-0.1, -0.05) is 46.3 Å². The number of carbonyl (C=O) groups is 4. The van der Waals surface area contributed by atoms with Gasteiger partial charge in [-0.25, -0.2) is 0 Å². The summed E-state index contributed by atoms with van der Waals surface area (Å²) in [5, 5.41) is 12.4. The van der Waals surface area contributed by atoms with Gasteiger partial charge in [-0.05, 0) is 51.2 Å². The summed E-state index contributed by atoms with van der Waals surface area (Å²) < 4.78 is 12.3. The molecule has 2 bridgehead atoms. The second-order valence-electron chi connectivity index (χ2n) is 11.6. The third kappa shape index (κ3) is 6.17. The van der Waals surface area contributed by atoms with Crippen LogP contribution >= 0.6 is 15.9 Å². The number of aliphatic hydroxyl groups is 1. The van der Waals surface area contributed by atoms with Crippen LogP contribution in [0.2, 0.25) is 0 Å². The zero-order valence-electron chi connectivity index (χ0n) is 25.1. The summed E-state index contributed by atoms with van der Waals surface area (Å²) in [5.41, 5.74) is 1.28. The molecule has 1 aromatic carbocycles. The van der Waals surface area contributed by atoms with Crippen molar-refractivity contribution in [1.29, 1.82) is 0 Å². The van der Waals surface area contributed by atoms with Gasteiger partial charge in [0, 0.05) is 36.6 Å². The number of esters is 1. The molecule has 1 aromatic rings. The lowest BCUT2D eigenvalue weighted by Crippen LogP contribution is -2.57. The molecule has 3 heterocycles. The van der Waals surface area contributed by atoms with Crippen LogP contribution in [0.5, 0.6) is 0 Å². The van der Waals surface area contributed by atoms with Gasteiger partial charge >= 0.3 is 5.97 Å². The number of allylic oxidation sites excluding steroid dienone is 1. The predicted molar refractivity (Wildman–Crippen MR) is 166 cm³/mol. The maximum atomic E-state index is 14.6. The molecule has 11 heteroatoms. The largest absolute Gasteiger partial charge is 0.460 e. The van der Waals surface area contributed by atoms with Crippen molar-refractivity contribution in [2.45, 2.75) is 75.1 Å². The fourth-order valence-electron chi connectivity index (χ4n) is 6.86. The lowest BCUT2D eigenvalue weighted by Gasteiger charge is -2.37. The number of para-hydroxylation sites is 1. The minimum atomic E-state index is -1.26. The van der Waals surface area contributed by atoms with E-state index in [1.165, 1.54) is 4.90 Å². The summed E-state index contributed by atoms with van der Waals surface area (Å²) in [7, 11) is 0. The quantitative estimate of drug-likeness (QED) is 0.179. The van der Waals surface area contributed by atoms with E-state index in [0.29, 0.717) is 12.8 Å². The average molecular weight is 661 g/mol. The highest BCUT2D eigenvalue weighted by Crippen LogP contribution is 2.60.